The van der Waals surface area contributed by atoms with Gasteiger partial charge in [-0.3, -0.25) is 9.69 Å². The first kappa shape index (κ1) is 20.9. The van der Waals surface area contributed by atoms with Crippen molar-refractivity contribution < 1.29 is 19.1 Å². The van der Waals surface area contributed by atoms with Crippen LogP contribution in [0.3, 0.4) is 0 Å². The van der Waals surface area contributed by atoms with Crippen molar-refractivity contribution in [2.24, 2.45) is 0 Å². The van der Waals surface area contributed by atoms with Gasteiger partial charge in [0, 0.05) is 38.3 Å². The molecule has 1 heterocycles. The lowest BCUT2D eigenvalue weighted by Crippen LogP contribution is -2.36. The van der Waals surface area contributed by atoms with Crippen molar-refractivity contribution in [1.29, 1.82) is 0 Å². The van der Waals surface area contributed by atoms with Gasteiger partial charge in [-0.05, 0) is 49.7 Å². The van der Waals surface area contributed by atoms with Gasteiger partial charge in [-0.15, -0.1) is 0 Å². The molecule has 2 aromatic rings. The minimum Gasteiger partial charge on any atom is -0.492 e. The topological polar surface area (TPSA) is 59.1 Å². The number of benzene rings is 2. The lowest BCUT2D eigenvalue weighted by Gasteiger charge is -2.22. The number of methoxy groups -OCH3 is 1. The zero-order chi connectivity index (χ0) is 20.6. The molecular weight excluding hydrogens is 368 g/mol. The maximum Gasteiger partial charge on any atom is 0.337 e. The van der Waals surface area contributed by atoms with Gasteiger partial charge in [-0.2, -0.15) is 0 Å². The van der Waals surface area contributed by atoms with E-state index in [9.17, 15) is 9.59 Å². The molecule has 1 amide bonds. The van der Waals surface area contributed by atoms with Crippen LogP contribution in [0.25, 0.3) is 0 Å². The van der Waals surface area contributed by atoms with Gasteiger partial charge in [-0.1, -0.05) is 17.7 Å². The van der Waals surface area contributed by atoms with Crippen molar-refractivity contribution in [2.75, 3.05) is 46.4 Å². The van der Waals surface area contributed by atoms with E-state index < -0.39 is 0 Å². The summed E-state index contributed by atoms with van der Waals surface area (Å²) < 4.78 is 10.5. The fourth-order valence-electron chi connectivity index (χ4n) is 3.46. The molecule has 0 bridgehead atoms. The monoisotopic (exact) mass is 396 g/mol. The smallest absolute Gasteiger partial charge is 0.337 e. The predicted molar refractivity (Wildman–Crippen MR) is 111 cm³/mol. The lowest BCUT2D eigenvalue weighted by molar-refractivity contribution is 0.0600. The molecule has 0 N–H and O–H groups in total. The molecule has 0 aromatic heterocycles. The van der Waals surface area contributed by atoms with E-state index in [0.717, 1.165) is 56.0 Å². The van der Waals surface area contributed by atoms with Gasteiger partial charge in [0.2, 0.25) is 0 Å². The second-order valence-electron chi connectivity index (χ2n) is 7.22. The molecule has 1 aliphatic rings. The normalized spacial score (nSPS) is 14.9. The number of hydrogen-bond donors (Lipinski definition) is 0. The Balaban J connectivity index is 1.45. The molecule has 0 spiro atoms. The van der Waals surface area contributed by atoms with Gasteiger partial charge in [0.05, 0.1) is 12.7 Å². The summed E-state index contributed by atoms with van der Waals surface area (Å²) in [7, 11) is 1.36. The summed E-state index contributed by atoms with van der Waals surface area (Å²) >= 11 is 0. The molecule has 0 saturated carbocycles. The number of nitrogens with zero attached hydrogens (tertiary/aromatic N) is 2. The van der Waals surface area contributed by atoms with Crippen LogP contribution < -0.4 is 4.74 Å². The first-order chi connectivity index (χ1) is 14.1. The molecule has 0 aliphatic carbocycles. The van der Waals surface area contributed by atoms with Crippen LogP contribution in [0.4, 0.5) is 0 Å². The van der Waals surface area contributed by atoms with Crippen LogP contribution in [0.15, 0.2) is 48.5 Å². The summed E-state index contributed by atoms with van der Waals surface area (Å²) in [5, 5.41) is 0. The molecule has 0 unspecified atom stereocenters. The number of amides is 1. The molecule has 3 rings (SSSR count). The number of rotatable bonds is 6. The summed E-state index contributed by atoms with van der Waals surface area (Å²) in [4.78, 5) is 28.5. The number of aryl methyl sites for hydroxylation is 1. The van der Waals surface area contributed by atoms with E-state index in [1.807, 2.05) is 36.1 Å². The van der Waals surface area contributed by atoms with E-state index in [0.29, 0.717) is 12.2 Å². The Morgan fingerprint density at radius 1 is 0.966 bits per heavy atom. The maximum atomic E-state index is 12.8. The van der Waals surface area contributed by atoms with Crippen LogP contribution in [0, 0.1) is 6.92 Å². The van der Waals surface area contributed by atoms with Gasteiger partial charge in [0.25, 0.3) is 5.91 Å². The van der Waals surface area contributed by atoms with Crippen LogP contribution >= 0.6 is 0 Å². The lowest BCUT2D eigenvalue weighted by atomic mass is 10.1. The zero-order valence-corrected chi connectivity index (χ0v) is 17.1. The molecule has 1 aliphatic heterocycles. The third-order valence-corrected chi connectivity index (χ3v) is 5.09. The van der Waals surface area contributed by atoms with E-state index in [1.165, 1.54) is 7.11 Å². The largest absolute Gasteiger partial charge is 0.492 e. The summed E-state index contributed by atoms with van der Waals surface area (Å²) in [5.74, 6) is 0.479. The molecule has 2 aromatic carbocycles. The van der Waals surface area contributed by atoms with Crippen molar-refractivity contribution in [3.63, 3.8) is 0 Å². The SMILES string of the molecule is COC(=O)c1ccc(OCCN2CCCN(C(=O)c3cccc(C)c3)CC2)cc1. The van der Waals surface area contributed by atoms with Crippen molar-refractivity contribution in [2.45, 2.75) is 13.3 Å². The molecule has 6 heteroatoms. The van der Waals surface area contributed by atoms with Gasteiger partial charge in [-0.25, -0.2) is 4.79 Å². The quantitative estimate of drug-likeness (QED) is 0.703. The predicted octanol–water partition coefficient (Wildman–Crippen LogP) is 3.01. The Kier molecular flexibility index (Phi) is 7.25. The van der Waals surface area contributed by atoms with Gasteiger partial charge < -0.3 is 14.4 Å². The number of carbonyl (C=O) groups excluding carboxylic acids is 2. The van der Waals surface area contributed by atoms with Crippen LogP contribution in [-0.2, 0) is 4.74 Å². The van der Waals surface area contributed by atoms with Crippen molar-refractivity contribution in [1.82, 2.24) is 9.80 Å². The second kappa shape index (κ2) is 10.1. The Morgan fingerprint density at radius 3 is 2.48 bits per heavy atom. The Hall–Kier alpha value is -2.86. The molecule has 1 fully saturated rings. The van der Waals surface area contributed by atoms with E-state index in [-0.39, 0.29) is 11.9 Å². The standard InChI is InChI=1S/C23H28N2O4/c1-18-5-3-6-20(17-18)22(26)25-12-4-11-24(13-14-25)15-16-29-21-9-7-19(8-10-21)23(27)28-2/h3,5-10,17H,4,11-16H2,1-2H3. The summed E-state index contributed by atoms with van der Waals surface area (Å²) in [6.45, 7) is 6.64. The van der Waals surface area contributed by atoms with Gasteiger partial charge >= 0.3 is 5.97 Å². The van der Waals surface area contributed by atoms with Gasteiger partial charge in [0.1, 0.15) is 12.4 Å². The van der Waals surface area contributed by atoms with E-state index >= 15 is 0 Å². The highest BCUT2D eigenvalue weighted by Crippen LogP contribution is 2.14. The Bertz CT molecular complexity index is 835. The van der Waals surface area contributed by atoms with Crippen LogP contribution in [0.2, 0.25) is 0 Å². The minimum atomic E-state index is -0.356. The highest BCUT2D eigenvalue weighted by molar-refractivity contribution is 5.94. The fraction of sp³-hybridized carbons (Fsp3) is 0.391. The number of hydrogen-bond acceptors (Lipinski definition) is 5. The average Bonchev–Trinajstić information content (AvgIpc) is 2.99. The molecule has 154 valence electrons. The van der Waals surface area contributed by atoms with E-state index in [4.69, 9.17) is 9.47 Å². The fourth-order valence-corrected chi connectivity index (χ4v) is 3.46. The number of carbonyl (C=O) groups is 2. The third kappa shape index (κ3) is 5.81. The molecule has 0 atom stereocenters. The van der Waals surface area contributed by atoms with E-state index in [1.54, 1.807) is 24.3 Å². The van der Waals surface area contributed by atoms with Crippen LogP contribution in [-0.4, -0.2) is 68.1 Å². The first-order valence-corrected chi connectivity index (χ1v) is 9.96. The molecule has 29 heavy (non-hydrogen) atoms. The average molecular weight is 396 g/mol. The highest BCUT2D eigenvalue weighted by atomic mass is 16.5. The third-order valence-electron chi connectivity index (χ3n) is 5.09. The maximum absolute atomic E-state index is 12.8. The molecular formula is C23H28N2O4. The Morgan fingerprint density at radius 2 is 1.76 bits per heavy atom. The molecule has 0 radical (unpaired) electrons. The van der Waals surface area contributed by atoms with Crippen molar-refractivity contribution in [3.05, 3.63) is 65.2 Å². The first-order valence-electron chi connectivity index (χ1n) is 9.96. The Labute approximate surface area is 172 Å². The van der Waals surface area contributed by atoms with Crippen molar-refractivity contribution >= 4 is 11.9 Å². The van der Waals surface area contributed by atoms with Gasteiger partial charge in [0.15, 0.2) is 0 Å². The molecule has 1 saturated heterocycles. The second-order valence-corrected chi connectivity index (χ2v) is 7.22. The summed E-state index contributed by atoms with van der Waals surface area (Å²) in [5.41, 5.74) is 2.37. The zero-order valence-electron chi connectivity index (χ0n) is 17.1. The van der Waals surface area contributed by atoms with Crippen LogP contribution in [0.5, 0.6) is 5.75 Å². The van der Waals surface area contributed by atoms with Crippen LogP contribution in [0.1, 0.15) is 32.7 Å². The van der Waals surface area contributed by atoms with Crippen molar-refractivity contribution in [3.8, 4) is 5.75 Å². The summed E-state index contributed by atoms with van der Waals surface area (Å²) in [6, 6.07) is 14.7. The molecule has 6 nitrogen and oxygen atoms in total. The summed E-state index contributed by atoms with van der Waals surface area (Å²) in [6.07, 6.45) is 0.950. The number of ether oxygens (including phenoxy) is 2. The number of esters is 1. The minimum absolute atomic E-state index is 0.109. The highest BCUT2D eigenvalue weighted by Gasteiger charge is 2.20. The van der Waals surface area contributed by atoms with E-state index in [2.05, 4.69) is 4.90 Å².